The van der Waals surface area contributed by atoms with Crippen molar-refractivity contribution in [1.29, 1.82) is 0 Å². The number of benzene rings is 2. The van der Waals surface area contributed by atoms with Crippen LogP contribution in [-0.2, 0) is 11.3 Å². The van der Waals surface area contributed by atoms with Gasteiger partial charge < -0.3 is 9.88 Å². The van der Waals surface area contributed by atoms with E-state index in [9.17, 15) is 4.79 Å². The molecule has 0 aliphatic rings. The van der Waals surface area contributed by atoms with Crippen molar-refractivity contribution in [1.82, 2.24) is 9.88 Å². The van der Waals surface area contributed by atoms with Crippen molar-refractivity contribution in [3.63, 3.8) is 0 Å². The van der Waals surface area contributed by atoms with Crippen LogP contribution in [0, 0.1) is 6.92 Å². The first kappa shape index (κ1) is 16.5. The van der Waals surface area contributed by atoms with Crippen molar-refractivity contribution in [2.75, 3.05) is 0 Å². The van der Waals surface area contributed by atoms with Crippen LogP contribution in [-0.4, -0.2) is 16.5 Å². The molecule has 1 heterocycles. The second-order valence-corrected chi connectivity index (χ2v) is 6.95. The molecule has 4 nitrogen and oxygen atoms in total. The third kappa shape index (κ3) is 3.74. The maximum Gasteiger partial charge on any atom is 0.240 e. The molecule has 0 saturated heterocycles. The minimum Gasteiger partial charge on any atom is -0.352 e. The molecule has 3 rings (SSSR count). The van der Waals surface area contributed by atoms with E-state index in [4.69, 9.17) is 4.99 Å². The monoisotopic (exact) mass is 339 g/mol. The Bertz CT molecular complexity index is 937. The molecule has 5 heteroatoms. The molecule has 124 valence electrons. The first-order valence-corrected chi connectivity index (χ1v) is 8.89. The van der Waals surface area contributed by atoms with E-state index in [0.717, 1.165) is 21.6 Å². The van der Waals surface area contributed by atoms with Gasteiger partial charge in [0.1, 0.15) is 6.54 Å². The topological polar surface area (TPSA) is 46.4 Å². The minimum atomic E-state index is 0.00598. The highest BCUT2D eigenvalue weighted by molar-refractivity contribution is 7.07. The van der Waals surface area contributed by atoms with Gasteiger partial charge >= 0.3 is 0 Å². The molecule has 0 radical (unpaired) electrons. The fraction of sp³-hybridized carbons (Fsp3) is 0.263. The second kappa shape index (κ2) is 7.01. The lowest BCUT2D eigenvalue weighted by atomic mass is 10.1. The number of amides is 1. The lowest BCUT2D eigenvalue weighted by molar-refractivity contribution is -0.122. The van der Waals surface area contributed by atoms with Crippen LogP contribution in [0.1, 0.15) is 19.5 Å². The number of aryl methyl sites for hydroxylation is 1. The molecule has 1 amide bonds. The van der Waals surface area contributed by atoms with Crippen LogP contribution < -0.4 is 10.1 Å². The van der Waals surface area contributed by atoms with E-state index < -0.39 is 0 Å². The normalized spacial score (nSPS) is 12.1. The Labute approximate surface area is 145 Å². The van der Waals surface area contributed by atoms with E-state index in [-0.39, 0.29) is 11.9 Å². The number of carbonyl (C=O) groups excluding carboxylic acids is 1. The number of hydrogen-bond donors (Lipinski definition) is 1. The summed E-state index contributed by atoms with van der Waals surface area (Å²) < 4.78 is 1.96. The summed E-state index contributed by atoms with van der Waals surface area (Å²) >= 11 is 1.55. The summed E-state index contributed by atoms with van der Waals surface area (Å²) in [6.45, 7) is 6.21. The molecule has 1 N–H and O–H groups in total. The van der Waals surface area contributed by atoms with Crippen LogP contribution in [0.2, 0.25) is 0 Å². The number of thiazole rings is 1. The van der Waals surface area contributed by atoms with Crippen LogP contribution in [0.5, 0.6) is 0 Å². The van der Waals surface area contributed by atoms with Crippen molar-refractivity contribution in [2.45, 2.75) is 33.4 Å². The van der Waals surface area contributed by atoms with Gasteiger partial charge in [0.15, 0.2) is 4.80 Å². The van der Waals surface area contributed by atoms with Gasteiger partial charge in [-0.05, 0) is 43.7 Å². The van der Waals surface area contributed by atoms with Crippen LogP contribution in [0.3, 0.4) is 0 Å². The Morgan fingerprint density at radius 2 is 1.96 bits per heavy atom. The second-order valence-electron chi connectivity index (χ2n) is 6.11. The van der Waals surface area contributed by atoms with Gasteiger partial charge in [0.2, 0.25) is 5.91 Å². The van der Waals surface area contributed by atoms with Crippen LogP contribution in [0.15, 0.2) is 52.8 Å². The van der Waals surface area contributed by atoms with E-state index in [0.29, 0.717) is 6.54 Å². The van der Waals surface area contributed by atoms with E-state index in [1.54, 1.807) is 11.3 Å². The number of nitrogens with zero attached hydrogens (tertiary/aromatic N) is 2. The lowest BCUT2D eigenvalue weighted by Gasteiger charge is -2.10. The van der Waals surface area contributed by atoms with Crippen molar-refractivity contribution in [3.05, 3.63) is 58.3 Å². The Morgan fingerprint density at radius 3 is 2.71 bits per heavy atom. The summed E-state index contributed by atoms with van der Waals surface area (Å²) in [5, 5.41) is 7.32. The smallest absolute Gasteiger partial charge is 0.240 e. The SMILES string of the molecule is Cc1csc(=Nc2ccc3ccccc3c2)n1CC(=O)NC(C)C. The maximum absolute atomic E-state index is 12.1. The van der Waals surface area contributed by atoms with Crippen molar-refractivity contribution < 1.29 is 4.79 Å². The highest BCUT2D eigenvalue weighted by Crippen LogP contribution is 2.20. The highest BCUT2D eigenvalue weighted by Gasteiger charge is 2.08. The van der Waals surface area contributed by atoms with Gasteiger partial charge in [-0.3, -0.25) is 4.79 Å². The molecule has 0 aliphatic carbocycles. The fourth-order valence-corrected chi connectivity index (χ4v) is 3.46. The average Bonchev–Trinajstić information content (AvgIpc) is 2.87. The first-order valence-electron chi connectivity index (χ1n) is 8.01. The van der Waals surface area contributed by atoms with Gasteiger partial charge in [-0.25, -0.2) is 4.99 Å². The van der Waals surface area contributed by atoms with Crippen molar-refractivity contribution >= 4 is 33.7 Å². The van der Waals surface area contributed by atoms with Crippen molar-refractivity contribution in [3.8, 4) is 0 Å². The predicted molar refractivity (Wildman–Crippen MR) is 99.5 cm³/mol. The van der Waals surface area contributed by atoms with Crippen molar-refractivity contribution in [2.24, 2.45) is 4.99 Å². The Morgan fingerprint density at radius 1 is 1.21 bits per heavy atom. The molecule has 1 aromatic heterocycles. The molecule has 0 unspecified atom stereocenters. The minimum absolute atomic E-state index is 0.00598. The molecule has 0 saturated carbocycles. The molecule has 0 aliphatic heterocycles. The average molecular weight is 339 g/mol. The van der Waals surface area contributed by atoms with E-state index in [2.05, 4.69) is 29.6 Å². The molecule has 0 fully saturated rings. The Balaban J connectivity index is 1.96. The number of carbonyl (C=O) groups is 1. The summed E-state index contributed by atoms with van der Waals surface area (Å²) in [7, 11) is 0. The number of fused-ring (bicyclic) bond motifs is 1. The van der Waals surface area contributed by atoms with Crippen LogP contribution >= 0.6 is 11.3 Å². The molecule has 0 bridgehead atoms. The zero-order chi connectivity index (χ0) is 17.1. The van der Waals surface area contributed by atoms with E-state index in [1.165, 1.54) is 5.39 Å². The fourth-order valence-electron chi connectivity index (χ4n) is 2.56. The summed E-state index contributed by atoms with van der Waals surface area (Å²) in [6.07, 6.45) is 0. The lowest BCUT2D eigenvalue weighted by Crippen LogP contribution is -2.35. The standard InChI is InChI=1S/C19H21N3OS/c1-13(2)20-18(23)11-22-14(3)12-24-19(22)21-17-9-8-15-6-4-5-7-16(15)10-17/h4-10,12-13H,11H2,1-3H3,(H,20,23). The highest BCUT2D eigenvalue weighted by atomic mass is 32.1. The molecule has 24 heavy (non-hydrogen) atoms. The largest absolute Gasteiger partial charge is 0.352 e. The predicted octanol–water partition coefficient (Wildman–Crippen LogP) is 3.77. The van der Waals surface area contributed by atoms with Gasteiger partial charge in [0.05, 0.1) is 5.69 Å². The number of aromatic nitrogens is 1. The third-order valence-corrected chi connectivity index (χ3v) is 4.68. The van der Waals surface area contributed by atoms with Gasteiger partial charge in [0.25, 0.3) is 0 Å². The Hall–Kier alpha value is -2.40. The van der Waals surface area contributed by atoms with Crippen LogP contribution in [0.4, 0.5) is 5.69 Å². The number of nitrogens with one attached hydrogen (secondary N) is 1. The van der Waals surface area contributed by atoms with Gasteiger partial charge in [0, 0.05) is 17.1 Å². The van der Waals surface area contributed by atoms with Gasteiger partial charge in [-0.1, -0.05) is 30.3 Å². The third-order valence-electron chi connectivity index (χ3n) is 3.70. The maximum atomic E-state index is 12.1. The first-order chi connectivity index (χ1) is 11.5. The molecule has 0 atom stereocenters. The molecule has 2 aromatic carbocycles. The summed E-state index contributed by atoms with van der Waals surface area (Å²) in [5.74, 6) is 0.00598. The number of rotatable bonds is 4. The van der Waals surface area contributed by atoms with Gasteiger partial charge in [-0.2, -0.15) is 0 Å². The molecular formula is C19H21N3OS. The number of hydrogen-bond acceptors (Lipinski definition) is 3. The summed E-state index contributed by atoms with van der Waals surface area (Å²) in [6, 6.07) is 14.5. The summed E-state index contributed by atoms with van der Waals surface area (Å²) in [5.41, 5.74) is 1.94. The summed E-state index contributed by atoms with van der Waals surface area (Å²) in [4.78, 5) is 17.7. The molecular weight excluding hydrogens is 318 g/mol. The van der Waals surface area contributed by atoms with E-state index in [1.807, 2.05) is 48.9 Å². The zero-order valence-electron chi connectivity index (χ0n) is 14.1. The van der Waals surface area contributed by atoms with Crippen LogP contribution in [0.25, 0.3) is 10.8 Å². The zero-order valence-corrected chi connectivity index (χ0v) is 14.9. The van der Waals surface area contributed by atoms with Gasteiger partial charge in [-0.15, -0.1) is 11.3 Å². The molecule has 0 spiro atoms. The quantitative estimate of drug-likeness (QED) is 0.773. The Kier molecular flexibility index (Phi) is 4.81. The molecule has 3 aromatic rings. The van der Waals surface area contributed by atoms with E-state index >= 15 is 0 Å².